The lowest BCUT2D eigenvalue weighted by molar-refractivity contribution is -0.114. The molecule has 1 aliphatic rings. The number of carbonyl (C=O) groups excluding carboxylic acids is 1. The van der Waals surface area contributed by atoms with Crippen LogP contribution in [0.15, 0.2) is 60.7 Å². The van der Waals surface area contributed by atoms with Crippen molar-refractivity contribution in [1.29, 1.82) is 0 Å². The highest BCUT2D eigenvalue weighted by Crippen LogP contribution is 2.28. The first-order chi connectivity index (χ1) is 11.1. The molecule has 0 radical (unpaired) electrons. The molecule has 1 N–H and O–H groups in total. The zero-order valence-electron chi connectivity index (χ0n) is 13.4. The average molecular weight is 304 g/mol. The van der Waals surface area contributed by atoms with Gasteiger partial charge < -0.3 is 10.2 Å². The summed E-state index contributed by atoms with van der Waals surface area (Å²) in [6.07, 6.45) is 8.66. The maximum atomic E-state index is 11.0. The van der Waals surface area contributed by atoms with Crippen LogP contribution >= 0.6 is 0 Å². The van der Waals surface area contributed by atoms with Crippen LogP contribution in [-0.2, 0) is 4.79 Å². The number of carbonyl (C=O) groups is 1. The molecule has 3 nitrogen and oxygen atoms in total. The van der Waals surface area contributed by atoms with E-state index in [4.69, 9.17) is 0 Å². The molecule has 0 aliphatic carbocycles. The second kappa shape index (κ2) is 6.53. The number of nitrogens with one attached hydrogen (secondary N) is 1. The van der Waals surface area contributed by atoms with E-state index in [0.29, 0.717) is 0 Å². The maximum absolute atomic E-state index is 11.0. The van der Waals surface area contributed by atoms with E-state index in [1.54, 1.807) is 0 Å². The highest BCUT2D eigenvalue weighted by molar-refractivity contribution is 5.88. The molecule has 1 heterocycles. The Morgan fingerprint density at radius 1 is 1.13 bits per heavy atom. The first-order valence-electron chi connectivity index (χ1n) is 7.69. The summed E-state index contributed by atoms with van der Waals surface area (Å²) in [5.74, 6) is -0.0547. The van der Waals surface area contributed by atoms with Crippen LogP contribution in [0.5, 0.6) is 0 Å². The van der Waals surface area contributed by atoms with Gasteiger partial charge in [0.1, 0.15) is 0 Å². The summed E-state index contributed by atoms with van der Waals surface area (Å²) >= 11 is 0. The van der Waals surface area contributed by atoms with Gasteiger partial charge in [-0.1, -0.05) is 54.6 Å². The molecule has 23 heavy (non-hydrogen) atoms. The van der Waals surface area contributed by atoms with E-state index in [1.807, 2.05) is 24.3 Å². The normalized spacial score (nSPS) is 16.4. The number of anilines is 2. The van der Waals surface area contributed by atoms with E-state index in [-0.39, 0.29) is 11.9 Å². The molecule has 0 saturated heterocycles. The van der Waals surface area contributed by atoms with Gasteiger partial charge in [-0.15, -0.1) is 0 Å². The van der Waals surface area contributed by atoms with Crippen molar-refractivity contribution in [1.82, 2.24) is 0 Å². The number of hydrogen-bond acceptors (Lipinski definition) is 2. The molecule has 1 unspecified atom stereocenters. The van der Waals surface area contributed by atoms with Gasteiger partial charge in [0.15, 0.2) is 0 Å². The Morgan fingerprint density at radius 3 is 2.61 bits per heavy atom. The number of para-hydroxylation sites is 1. The fourth-order valence-electron chi connectivity index (χ4n) is 2.73. The summed E-state index contributed by atoms with van der Waals surface area (Å²) in [5.41, 5.74) is 4.42. The van der Waals surface area contributed by atoms with Crippen LogP contribution < -0.4 is 10.2 Å². The van der Waals surface area contributed by atoms with E-state index in [0.717, 1.165) is 11.3 Å². The van der Waals surface area contributed by atoms with Gasteiger partial charge in [0.25, 0.3) is 0 Å². The van der Waals surface area contributed by atoms with Crippen molar-refractivity contribution in [2.75, 3.05) is 17.3 Å². The number of benzene rings is 2. The van der Waals surface area contributed by atoms with Crippen LogP contribution in [0.1, 0.15) is 18.1 Å². The number of hydrogen-bond donors (Lipinski definition) is 1. The molecule has 0 bridgehead atoms. The van der Waals surface area contributed by atoms with Crippen molar-refractivity contribution in [3.8, 4) is 0 Å². The Kier molecular flexibility index (Phi) is 4.29. The Hall–Kier alpha value is -2.81. The second-order valence-electron chi connectivity index (χ2n) is 5.68. The van der Waals surface area contributed by atoms with Gasteiger partial charge in [-0.25, -0.2) is 0 Å². The van der Waals surface area contributed by atoms with Gasteiger partial charge in [-0.2, -0.15) is 0 Å². The number of rotatable bonds is 3. The molecule has 116 valence electrons. The minimum absolute atomic E-state index is 0.0547. The quantitative estimate of drug-likeness (QED) is 0.922. The second-order valence-corrected chi connectivity index (χ2v) is 5.68. The predicted molar refractivity (Wildman–Crippen MR) is 97.4 cm³/mol. The topological polar surface area (TPSA) is 32.3 Å². The molecule has 3 rings (SSSR count). The molecule has 0 fully saturated rings. The van der Waals surface area contributed by atoms with Crippen LogP contribution in [0.2, 0.25) is 0 Å². The third kappa shape index (κ3) is 3.51. The van der Waals surface area contributed by atoms with Crippen LogP contribution in [0, 0.1) is 0 Å². The predicted octanol–water partition coefficient (Wildman–Crippen LogP) is 4.19. The van der Waals surface area contributed by atoms with Crippen LogP contribution in [-0.4, -0.2) is 19.0 Å². The molecule has 3 heteroatoms. The zero-order valence-corrected chi connectivity index (χ0v) is 13.4. The lowest BCUT2D eigenvalue weighted by Crippen LogP contribution is -2.30. The van der Waals surface area contributed by atoms with Crippen molar-refractivity contribution >= 4 is 29.4 Å². The molecule has 1 aliphatic heterocycles. The van der Waals surface area contributed by atoms with E-state index >= 15 is 0 Å². The fraction of sp³-hybridized carbons (Fsp3) is 0.150. The fourth-order valence-corrected chi connectivity index (χ4v) is 2.73. The van der Waals surface area contributed by atoms with Crippen LogP contribution in [0.3, 0.4) is 0 Å². The third-order valence-corrected chi connectivity index (χ3v) is 3.95. The molecule has 2 aromatic rings. The Labute approximate surface area is 136 Å². The lowest BCUT2D eigenvalue weighted by atomic mass is 10.0. The van der Waals surface area contributed by atoms with Gasteiger partial charge in [-0.3, -0.25) is 4.79 Å². The van der Waals surface area contributed by atoms with Crippen molar-refractivity contribution in [2.24, 2.45) is 0 Å². The van der Waals surface area contributed by atoms with E-state index in [1.165, 1.54) is 18.2 Å². The molecule has 0 saturated carbocycles. The van der Waals surface area contributed by atoms with Crippen molar-refractivity contribution in [3.63, 3.8) is 0 Å². The van der Waals surface area contributed by atoms with Gasteiger partial charge >= 0.3 is 0 Å². The monoisotopic (exact) mass is 304 g/mol. The maximum Gasteiger partial charge on any atom is 0.221 e. The molecule has 0 spiro atoms. The molecular weight excluding hydrogens is 284 g/mol. The lowest BCUT2D eigenvalue weighted by Gasteiger charge is -2.30. The Morgan fingerprint density at radius 2 is 1.87 bits per heavy atom. The minimum atomic E-state index is -0.0547. The number of likely N-dealkylation sites (N-methyl/N-ethyl adjacent to an activating group) is 1. The summed E-state index contributed by atoms with van der Waals surface area (Å²) in [4.78, 5) is 13.3. The van der Waals surface area contributed by atoms with E-state index < -0.39 is 0 Å². The first kappa shape index (κ1) is 15.1. The summed E-state index contributed by atoms with van der Waals surface area (Å²) in [6, 6.07) is 16.5. The van der Waals surface area contributed by atoms with Crippen molar-refractivity contribution in [3.05, 3.63) is 71.8 Å². The largest absolute Gasteiger partial charge is 0.364 e. The molecule has 2 aromatic carbocycles. The summed E-state index contributed by atoms with van der Waals surface area (Å²) in [6.45, 7) is 1.51. The third-order valence-electron chi connectivity index (χ3n) is 3.95. The highest BCUT2D eigenvalue weighted by Gasteiger charge is 2.15. The Balaban J connectivity index is 1.72. The first-order valence-corrected chi connectivity index (χ1v) is 7.69. The number of fused-ring (bicyclic) bond motifs is 1. The van der Waals surface area contributed by atoms with E-state index in [2.05, 4.69) is 65.8 Å². The summed E-state index contributed by atoms with van der Waals surface area (Å²) < 4.78 is 0. The van der Waals surface area contributed by atoms with Crippen LogP contribution in [0.25, 0.3) is 12.2 Å². The minimum Gasteiger partial charge on any atom is -0.364 e. The zero-order chi connectivity index (χ0) is 16.2. The van der Waals surface area contributed by atoms with Crippen molar-refractivity contribution in [2.45, 2.75) is 13.0 Å². The van der Waals surface area contributed by atoms with Gasteiger partial charge in [-0.05, 0) is 29.3 Å². The summed E-state index contributed by atoms with van der Waals surface area (Å²) in [7, 11) is 2.11. The van der Waals surface area contributed by atoms with Gasteiger partial charge in [0.05, 0.1) is 6.04 Å². The average Bonchev–Trinajstić information content (AvgIpc) is 2.55. The van der Waals surface area contributed by atoms with E-state index in [9.17, 15) is 4.79 Å². The molecule has 0 aromatic heterocycles. The highest BCUT2D eigenvalue weighted by atomic mass is 16.1. The SMILES string of the molecule is CC(=O)Nc1ccc(/C=C/C2C=Cc3ccccc3N2C)cc1. The number of amides is 1. The summed E-state index contributed by atoms with van der Waals surface area (Å²) in [5, 5.41) is 2.77. The standard InChI is InChI=1S/C20H20N2O/c1-15(23)21-18-11-7-16(8-12-18)9-13-19-14-10-17-5-3-4-6-20(17)22(19)2/h3-14,19H,1-2H3,(H,21,23)/b13-9+. The van der Waals surface area contributed by atoms with Gasteiger partial charge in [0, 0.05) is 25.3 Å². The molecule has 1 amide bonds. The van der Waals surface area contributed by atoms with Crippen LogP contribution in [0.4, 0.5) is 11.4 Å². The Bertz CT molecular complexity index is 759. The van der Waals surface area contributed by atoms with Gasteiger partial charge in [0.2, 0.25) is 5.91 Å². The smallest absolute Gasteiger partial charge is 0.221 e. The van der Waals surface area contributed by atoms with Crippen molar-refractivity contribution < 1.29 is 4.79 Å². The number of nitrogens with zero attached hydrogens (tertiary/aromatic N) is 1. The molecule has 1 atom stereocenters. The molecular formula is C20H20N2O.